The highest BCUT2D eigenvalue weighted by Crippen LogP contribution is 2.21. The number of imide groups is 1. The van der Waals surface area contributed by atoms with Crippen molar-refractivity contribution in [3.05, 3.63) is 23.9 Å². The molecule has 2 N–H and O–H groups in total. The first-order chi connectivity index (χ1) is 9.36. The molecule has 20 heavy (non-hydrogen) atoms. The van der Waals surface area contributed by atoms with Crippen LogP contribution in [-0.2, 0) is 9.59 Å². The van der Waals surface area contributed by atoms with Gasteiger partial charge in [-0.15, -0.1) is 0 Å². The molecule has 0 aliphatic carbocycles. The highest BCUT2D eigenvalue weighted by Gasteiger charge is 2.43. The number of aromatic nitrogens is 1. The lowest BCUT2D eigenvalue weighted by molar-refractivity contribution is -0.143. The number of nitrogens with zero attached hydrogens (tertiary/aromatic N) is 2. The summed E-state index contributed by atoms with van der Waals surface area (Å²) in [7, 11) is 1.72. The van der Waals surface area contributed by atoms with E-state index in [0.29, 0.717) is 11.4 Å². The average molecular weight is 276 g/mol. The first-order valence-electron chi connectivity index (χ1n) is 6.16. The van der Waals surface area contributed by atoms with E-state index in [0.717, 1.165) is 0 Å². The van der Waals surface area contributed by atoms with Crippen LogP contribution in [0.1, 0.15) is 24.2 Å². The number of carbonyl (C=O) groups is 3. The standard InChI is InChI=1S/C13H16N4O3/c1-13(2)12(20)16-10(18)7-17(13)11(19)8-4-5-9(14-3)15-6-8/h4-6H,7H2,1-3H3,(H,14,15)(H,16,18,20). The minimum Gasteiger partial charge on any atom is -0.373 e. The highest BCUT2D eigenvalue weighted by atomic mass is 16.2. The molecule has 0 saturated carbocycles. The Hall–Kier alpha value is -2.44. The molecule has 2 heterocycles. The zero-order valence-corrected chi connectivity index (χ0v) is 11.6. The van der Waals surface area contributed by atoms with Gasteiger partial charge < -0.3 is 10.2 Å². The second-order valence-corrected chi connectivity index (χ2v) is 5.01. The van der Waals surface area contributed by atoms with Gasteiger partial charge in [0.05, 0.1) is 5.56 Å². The maximum atomic E-state index is 12.4. The molecule has 2 rings (SSSR count). The van der Waals surface area contributed by atoms with Crippen molar-refractivity contribution in [2.45, 2.75) is 19.4 Å². The first-order valence-corrected chi connectivity index (χ1v) is 6.16. The number of hydrogen-bond donors (Lipinski definition) is 2. The number of nitrogens with one attached hydrogen (secondary N) is 2. The van der Waals surface area contributed by atoms with E-state index in [4.69, 9.17) is 0 Å². The number of pyridine rings is 1. The van der Waals surface area contributed by atoms with Crippen molar-refractivity contribution in [3.8, 4) is 0 Å². The molecule has 1 aromatic heterocycles. The molecule has 106 valence electrons. The molecule has 7 heteroatoms. The molecule has 0 spiro atoms. The minimum atomic E-state index is -1.08. The van der Waals surface area contributed by atoms with E-state index >= 15 is 0 Å². The Labute approximate surface area is 116 Å². The second-order valence-electron chi connectivity index (χ2n) is 5.01. The van der Waals surface area contributed by atoms with E-state index in [1.807, 2.05) is 0 Å². The van der Waals surface area contributed by atoms with E-state index in [1.54, 1.807) is 33.0 Å². The van der Waals surface area contributed by atoms with Crippen molar-refractivity contribution in [2.24, 2.45) is 0 Å². The molecule has 1 fully saturated rings. The second kappa shape index (κ2) is 4.92. The summed E-state index contributed by atoms with van der Waals surface area (Å²) in [6.45, 7) is 3.05. The lowest BCUT2D eigenvalue weighted by Gasteiger charge is -2.40. The normalized spacial score (nSPS) is 17.6. The zero-order valence-electron chi connectivity index (χ0n) is 11.6. The van der Waals surface area contributed by atoms with Crippen LogP contribution in [0.15, 0.2) is 18.3 Å². The summed E-state index contributed by atoms with van der Waals surface area (Å²) in [6, 6.07) is 3.26. The van der Waals surface area contributed by atoms with Gasteiger partial charge in [-0.3, -0.25) is 19.7 Å². The van der Waals surface area contributed by atoms with Crippen LogP contribution in [0.25, 0.3) is 0 Å². The SMILES string of the molecule is CNc1ccc(C(=O)N2CC(=O)NC(=O)C2(C)C)cn1. The fraction of sp³-hybridized carbons (Fsp3) is 0.385. The Kier molecular flexibility index (Phi) is 3.44. The van der Waals surface area contributed by atoms with Crippen LogP contribution in [0, 0.1) is 0 Å². The van der Waals surface area contributed by atoms with Crippen molar-refractivity contribution in [1.29, 1.82) is 0 Å². The number of anilines is 1. The molecule has 1 aromatic rings. The molecule has 0 bridgehead atoms. The third-order valence-corrected chi connectivity index (χ3v) is 3.30. The summed E-state index contributed by atoms with van der Waals surface area (Å²) in [5, 5.41) is 5.08. The monoisotopic (exact) mass is 276 g/mol. The van der Waals surface area contributed by atoms with E-state index in [1.165, 1.54) is 11.1 Å². The molecular weight excluding hydrogens is 260 g/mol. The minimum absolute atomic E-state index is 0.147. The first kappa shape index (κ1) is 14.0. The molecular formula is C13H16N4O3. The van der Waals surface area contributed by atoms with Crippen molar-refractivity contribution in [2.75, 3.05) is 18.9 Å². The molecule has 0 atom stereocenters. The van der Waals surface area contributed by atoms with Gasteiger partial charge in [-0.05, 0) is 26.0 Å². The number of rotatable bonds is 2. The number of hydrogen-bond acceptors (Lipinski definition) is 5. The van der Waals surface area contributed by atoms with Crippen molar-refractivity contribution in [3.63, 3.8) is 0 Å². The fourth-order valence-corrected chi connectivity index (χ4v) is 1.93. The van der Waals surface area contributed by atoms with Gasteiger partial charge >= 0.3 is 0 Å². The van der Waals surface area contributed by atoms with E-state index < -0.39 is 23.3 Å². The molecule has 3 amide bonds. The van der Waals surface area contributed by atoms with Gasteiger partial charge in [-0.1, -0.05) is 0 Å². The van der Waals surface area contributed by atoms with Gasteiger partial charge in [0.25, 0.3) is 11.8 Å². The van der Waals surface area contributed by atoms with Crippen molar-refractivity contribution >= 4 is 23.5 Å². The molecule has 7 nitrogen and oxygen atoms in total. The van der Waals surface area contributed by atoms with Gasteiger partial charge in [-0.25, -0.2) is 4.98 Å². The number of amides is 3. The number of carbonyl (C=O) groups excluding carboxylic acids is 3. The Balaban J connectivity index is 2.30. The van der Waals surface area contributed by atoms with E-state index in [-0.39, 0.29) is 6.54 Å². The summed E-state index contributed by atoms with van der Waals surface area (Å²) in [6.07, 6.45) is 1.42. The van der Waals surface area contributed by atoms with Crippen LogP contribution in [0.5, 0.6) is 0 Å². The summed E-state index contributed by atoms with van der Waals surface area (Å²) < 4.78 is 0. The smallest absolute Gasteiger partial charge is 0.256 e. The maximum absolute atomic E-state index is 12.4. The topological polar surface area (TPSA) is 91.4 Å². The lowest BCUT2D eigenvalue weighted by atomic mass is 9.97. The Morgan fingerprint density at radius 2 is 2.10 bits per heavy atom. The molecule has 1 saturated heterocycles. The average Bonchev–Trinajstić information content (AvgIpc) is 2.42. The van der Waals surface area contributed by atoms with Crippen LogP contribution in [0.3, 0.4) is 0 Å². The van der Waals surface area contributed by atoms with E-state index in [9.17, 15) is 14.4 Å². The van der Waals surface area contributed by atoms with Gasteiger partial charge in [0.2, 0.25) is 5.91 Å². The van der Waals surface area contributed by atoms with Crippen LogP contribution in [0.2, 0.25) is 0 Å². The quantitative estimate of drug-likeness (QED) is 0.742. The van der Waals surface area contributed by atoms with Crippen molar-refractivity contribution in [1.82, 2.24) is 15.2 Å². The summed E-state index contributed by atoms with van der Waals surface area (Å²) >= 11 is 0. The maximum Gasteiger partial charge on any atom is 0.256 e. The molecule has 0 unspecified atom stereocenters. The van der Waals surface area contributed by atoms with Gasteiger partial charge in [0, 0.05) is 13.2 Å². The largest absolute Gasteiger partial charge is 0.373 e. The summed E-state index contributed by atoms with van der Waals surface area (Å²) in [4.78, 5) is 41.0. The van der Waals surface area contributed by atoms with Crippen LogP contribution in [-0.4, -0.2) is 46.7 Å². The highest BCUT2D eigenvalue weighted by molar-refractivity contribution is 6.08. The number of piperazine rings is 1. The van der Waals surface area contributed by atoms with Gasteiger partial charge in [0.1, 0.15) is 17.9 Å². The summed E-state index contributed by atoms with van der Waals surface area (Å²) in [5.74, 6) is -0.731. The van der Waals surface area contributed by atoms with Gasteiger partial charge in [0.15, 0.2) is 0 Å². The lowest BCUT2D eigenvalue weighted by Crippen LogP contribution is -2.65. The third-order valence-electron chi connectivity index (χ3n) is 3.30. The van der Waals surface area contributed by atoms with Crippen molar-refractivity contribution < 1.29 is 14.4 Å². The van der Waals surface area contributed by atoms with Crippen LogP contribution < -0.4 is 10.6 Å². The predicted molar refractivity (Wildman–Crippen MR) is 72.0 cm³/mol. The summed E-state index contributed by atoms with van der Waals surface area (Å²) in [5.41, 5.74) is -0.744. The molecule has 0 aromatic carbocycles. The van der Waals surface area contributed by atoms with Crippen LogP contribution in [0.4, 0.5) is 5.82 Å². The molecule has 1 aliphatic heterocycles. The Morgan fingerprint density at radius 3 is 2.65 bits per heavy atom. The zero-order chi connectivity index (χ0) is 14.9. The van der Waals surface area contributed by atoms with Crippen LogP contribution >= 0.6 is 0 Å². The third kappa shape index (κ3) is 2.34. The fourth-order valence-electron chi connectivity index (χ4n) is 1.93. The predicted octanol–water partition coefficient (Wildman–Crippen LogP) is 0.000500. The molecule has 0 radical (unpaired) electrons. The Bertz CT molecular complexity index is 565. The Morgan fingerprint density at radius 1 is 1.40 bits per heavy atom. The van der Waals surface area contributed by atoms with E-state index in [2.05, 4.69) is 15.6 Å². The van der Waals surface area contributed by atoms with Gasteiger partial charge in [-0.2, -0.15) is 0 Å². The molecule has 1 aliphatic rings.